The summed E-state index contributed by atoms with van der Waals surface area (Å²) in [5, 5.41) is 0. The van der Waals surface area contributed by atoms with E-state index in [2.05, 4.69) is 9.97 Å². The van der Waals surface area contributed by atoms with Gasteiger partial charge in [0.25, 0.3) is 0 Å². The lowest BCUT2D eigenvalue weighted by Gasteiger charge is -2.11. The molecule has 0 aliphatic rings. The average Bonchev–Trinajstić information content (AvgIpc) is 2.61. The highest BCUT2D eigenvalue weighted by Crippen LogP contribution is 2.29. The van der Waals surface area contributed by atoms with Gasteiger partial charge in [-0.15, -0.1) is 0 Å². The average molecular weight is 306 g/mol. The highest BCUT2D eigenvalue weighted by Gasteiger charge is 2.11. The first-order chi connectivity index (χ1) is 11.3. The molecule has 0 fully saturated rings. The summed E-state index contributed by atoms with van der Waals surface area (Å²) in [4.78, 5) is 8.98. The molecule has 2 aromatic heterocycles. The third-order valence-corrected chi connectivity index (χ3v) is 3.43. The summed E-state index contributed by atoms with van der Waals surface area (Å²) in [6.45, 7) is 2.41. The van der Waals surface area contributed by atoms with Crippen molar-refractivity contribution in [3.05, 3.63) is 71.9 Å². The molecule has 0 N–H and O–H groups in total. The van der Waals surface area contributed by atoms with E-state index >= 15 is 0 Å². The van der Waals surface area contributed by atoms with Crippen LogP contribution in [0.1, 0.15) is 11.3 Å². The van der Waals surface area contributed by atoms with Gasteiger partial charge in [-0.05, 0) is 30.7 Å². The molecule has 23 heavy (non-hydrogen) atoms. The maximum atomic E-state index is 5.94. The van der Waals surface area contributed by atoms with Gasteiger partial charge < -0.3 is 9.47 Å². The lowest BCUT2D eigenvalue weighted by molar-refractivity contribution is 0.294. The molecular formula is C19H18N2O2. The third-order valence-electron chi connectivity index (χ3n) is 3.43. The van der Waals surface area contributed by atoms with Gasteiger partial charge in [0.1, 0.15) is 6.61 Å². The summed E-state index contributed by atoms with van der Waals surface area (Å²) in [6, 6.07) is 19.6. The molecule has 0 aliphatic carbocycles. The van der Waals surface area contributed by atoms with Crippen LogP contribution in [0, 0.1) is 6.92 Å². The van der Waals surface area contributed by atoms with Crippen molar-refractivity contribution in [3.63, 3.8) is 0 Å². The van der Waals surface area contributed by atoms with Crippen molar-refractivity contribution in [3.8, 4) is 23.0 Å². The standard InChI is InChI=1S/C19H18N2O2/c1-14-11-12-16(17-9-6-10-18(21-17)22-2)19(20-14)23-13-15-7-4-3-5-8-15/h3-12H,13H2,1-2H3. The molecule has 3 aromatic rings. The van der Waals surface area contributed by atoms with E-state index < -0.39 is 0 Å². The highest BCUT2D eigenvalue weighted by molar-refractivity contribution is 5.65. The summed E-state index contributed by atoms with van der Waals surface area (Å²) in [5.74, 6) is 1.15. The number of rotatable bonds is 5. The molecule has 1 aromatic carbocycles. The van der Waals surface area contributed by atoms with Gasteiger partial charge in [-0.3, -0.25) is 0 Å². The lowest BCUT2D eigenvalue weighted by atomic mass is 10.1. The van der Waals surface area contributed by atoms with Crippen molar-refractivity contribution in [1.29, 1.82) is 0 Å². The SMILES string of the molecule is COc1cccc(-c2ccc(C)nc2OCc2ccccc2)n1. The number of aromatic nitrogens is 2. The topological polar surface area (TPSA) is 44.2 Å². The number of ether oxygens (including phenoxy) is 2. The Labute approximate surface area is 135 Å². The molecule has 0 saturated heterocycles. The molecule has 0 saturated carbocycles. The maximum absolute atomic E-state index is 5.94. The summed E-state index contributed by atoms with van der Waals surface area (Å²) in [5.41, 5.74) is 3.63. The minimum atomic E-state index is 0.467. The molecule has 3 rings (SSSR count). The number of benzene rings is 1. The second kappa shape index (κ2) is 6.92. The van der Waals surface area contributed by atoms with Crippen LogP contribution in [-0.4, -0.2) is 17.1 Å². The minimum Gasteiger partial charge on any atom is -0.481 e. The van der Waals surface area contributed by atoms with Crippen LogP contribution in [0.15, 0.2) is 60.7 Å². The van der Waals surface area contributed by atoms with Crippen molar-refractivity contribution in [2.45, 2.75) is 13.5 Å². The third kappa shape index (κ3) is 3.66. The molecule has 0 radical (unpaired) electrons. The van der Waals surface area contributed by atoms with Crippen molar-refractivity contribution in [2.24, 2.45) is 0 Å². The summed E-state index contributed by atoms with van der Waals surface area (Å²) in [6.07, 6.45) is 0. The zero-order chi connectivity index (χ0) is 16.1. The number of methoxy groups -OCH3 is 1. The van der Waals surface area contributed by atoms with Crippen LogP contribution in [0.2, 0.25) is 0 Å². The van der Waals surface area contributed by atoms with E-state index in [0.717, 1.165) is 22.5 Å². The van der Waals surface area contributed by atoms with Gasteiger partial charge in [0.15, 0.2) is 0 Å². The van der Waals surface area contributed by atoms with Gasteiger partial charge in [0.05, 0.1) is 18.4 Å². The molecule has 2 heterocycles. The maximum Gasteiger partial charge on any atom is 0.223 e. The quantitative estimate of drug-likeness (QED) is 0.713. The number of hydrogen-bond donors (Lipinski definition) is 0. The predicted octanol–water partition coefficient (Wildman–Crippen LogP) is 4.04. The Morgan fingerprint density at radius 2 is 1.70 bits per heavy atom. The monoisotopic (exact) mass is 306 g/mol. The molecular weight excluding hydrogens is 288 g/mol. The smallest absolute Gasteiger partial charge is 0.223 e. The molecule has 0 atom stereocenters. The summed E-state index contributed by atoms with van der Waals surface area (Å²) in [7, 11) is 1.60. The Balaban J connectivity index is 1.91. The molecule has 0 amide bonds. The van der Waals surface area contributed by atoms with Crippen LogP contribution < -0.4 is 9.47 Å². The molecule has 0 aliphatic heterocycles. The Morgan fingerprint density at radius 1 is 0.870 bits per heavy atom. The van der Waals surface area contributed by atoms with E-state index in [1.807, 2.05) is 67.6 Å². The number of hydrogen-bond acceptors (Lipinski definition) is 4. The van der Waals surface area contributed by atoms with Gasteiger partial charge in [0.2, 0.25) is 11.8 Å². The number of nitrogens with zero attached hydrogens (tertiary/aromatic N) is 2. The van der Waals surface area contributed by atoms with Crippen LogP contribution in [0.25, 0.3) is 11.3 Å². The van der Waals surface area contributed by atoms with Gasteiger partial charge in [-0.2, -0.15) is 0 Å². The zero-order valence-corrected chi connectivity index (χ0v) is 13.2. The van der Waals surface area contributed by atoms with Gasteiger partial charge in [0, 0.05) is 11.8 Å². The first-order valence-electron chi connectivity index (χ1n) is 7.42. The van der Waals surface area contributed by atoms with E-state index in [-0.39, 0.29) is 0 Å². The Hall–Kier alpha value is -2.88. The van der Waals surface area contributed by atoms with Crippen molar-refractivity contribution in [1.82, 2.24) is 9.97 Å². The fourth-order valence-corrected chi connectivity index (χ4v) is 2.24. The van der Waals surface area contributed by atoms with E-state index in [9.17, 15) is 0 Å². The molecule has 4 nitrogen and oxygen atoms in total. The lowest BCUT2D eigenvalue weighted by Crippen LogP contribution is -2.01. The molecule has 0 unspecified atom stereocenters. The van der Waals surface area contributed by atoms with Crippen LogP contribution in [-0.2, 0) is 6.61 Å². The fraction of sp³-hybridized carbons (Fsp3) is 0.158. The van der Waals surface area contributed by atoms with Crippen LogP contribution in [0.4, 0.5) is 0 Å². The highest BCUT2D eigenvalue weighted by atomic mass is 16.5. The van der Waals surface area contributed by atoms with Crippen molar-refractivity contribution in [2.75, 3.05) is 7.11 Å². The fourth-order valence-electron chi connectivity index (χ4n) is 2.24. The minimum absolute atomic E-state index is 0.467. The van der Waals surface area contributed by atoms with Gasteiger partial charge in [-0.25, -0.2) is 9.97 Å². The van der Waals surface area contributed by atoms with E-state index in [1.165, 1.54) is 0 Å². The molecule has 4 heteroatoms. The second-order valence-electron chi connectivity index (χ2n) is 5.14. The van der Waals surface area contributed by atoms with Crippen LogP contribution in [0.5, 0.6) is 11.8 Å². The van der Waals surface area contributed by atoms with Crippen LogP contribution >= 0.6 is 0 Å². The first kappa shape index (κ1) is 15.0. The van der Waals surface area contributed by atoms with Crippen molar-refractivity contribution < 1.29 is 9.47 Å². The van der Waals surface area contributed by atoms with E-state index in [0.29, 0.717) is 18.4 Å². The summed E-state index contributed by atoms with van der Waals surface area (Å²) >= 11 is 0. The van der Waals surface area contributed by atoms with E-state index in [1.54, 1.807) is 7.11 Å². The second-order valence-corrected chi connectivity index (χ2v) is 5.14. The molecule has 116 valence electrons. The largest absolute Gasteiger partial charge is 0.481 e. The first-order valence-corrected chi connectivity index (χ1v) is 7.42. The van der Waals surface area contributed by atoms with Crippen LogP contribution in [0.3, 0.4) is 0 Å². The van der Waals surface area contributed by atoms with Gasteiger partial charge in [-0.1, -0.05) is 36.4 Å². The predicted molar refractivity (Wildman–Crippen MR) is 89.5 cm³/mol. The van der Waals surface area contributed by atoms with Crippen molar-refractivity contribution >= 4 is 0 Å². The zero-order valence-electron chi connectivity index (χ0n) is 13.2. The Kier molecular flexibility index (Phi) is 4.52. The number of pyridine rings is 2. The summed E-state index contributed by atoms with van der Waals surface area (Å²) < 4.78 is 11.1. The molecule has 0 bridgehead atoms. The van der Waals surface area contributed by atoms with E-state index in [4.69, 9.17) is 9.47 Å². The Morgan fingerprint density at radius 3 is 2.48 bits per heavy atom. The normalized spacial score (nSPS) is 10.3. The molecule has 0 spiro atoms. The van der Waals surface area contributed by atoms with Gasteiger partial charge >= 0.3 is 0 Å². The Bertz CT molecular complexity index is 788. The number of aryl methyl sites for hydroxylation is 1.